The van der Waals surface area contributed by atoms with E-state index >= 15 is 0 Å². The zero-order valence-corrected chi connectivity index (χ0v) is 11.0. The molecule has 6 heteroatoms. The second kappa shape index (κ2) is 5.56. The van der Waals surface area contributed by atoms with E-state index in [0.29, 0.717) is 30.6 Å². The van der Waals surface area contributed by atoms with E-state index in [1.807, 2.05) is 43.3 Å². The van der Waals surface area contributed by atoms with E-state index < -0.39 is 0 Å². The molecule has 0 saturated carbocycles. The molecule has 0 aliphatic heterocycles. The first-order chi connectivity index (χ1) is 9.81. The molecule has 0 saturated heterocycles. The molecule has 0 fully saturated rings. The monoisotopic (exact) mass is 270 g/mol. The zero-order chi connectivity index (χ0) is 13.8. The van der Waals surface area contributed by atoms with E-state index in [9.17, 15) is 0 Å². The molecule has 3 aromatic rings. The van der Waals surface area contributed by atoms with Crippen LogP contribution in [0.2, 0.25) is 0 Å². The lowest BCUT2D eigenvalue weighted by Gasteiger charge is -1.97. The fraction of sp³-hybridized carbons (Fsp3) is 0.214. The lowest BCUT2D eigenvalue weighted by molar-refractivity contribution is 0.399. The second-order valence-corrected chi connectivity index (χ2v) is 4.37. The molecule has 1 aromatic carbocycles. The topological polar surface area (TPSA) is 77.0 Å². The van der Waals surface area contributed by atoms with Gasteiger partial charge >= 0.3 is 0 Å². The number of benzene rings is 1. The largest absolute Gasteiger partial charge is 0.421 e. The van der Waals surface area contributed by atoms with Gasteiger partial charge in [0.1, 0.15) is 5.76 Å². The van der Waals surface area contributed by atoms with Gasteiger partial charge in [0.25, 0.3) is 0 Å². The van der Waals surface area contributed by atoms with Gasteiger partial charge in [-0.05, 0) is 19.1 Å². The molecule has 0 amide bonds. The summed E-state index contributed by atoms with van der Waals surface area (Å²) in [6.45, 7) is 2.50. The first-order valence-corrected chi connectivity index (χ1v) is 6.36. The van der Waals surface area contributed by atoms with Crippen LogP contribution in [0.5, 0.6) is 0 Å². The normalized spacial score (nSPS) is 10.7. The molecule has 0 spiro atoms. The summed E-state index contributed by atoms with van der Waals surface area (Å²) in [6.07, 6.45) is 0.631. The second-order valence-electron chi connectivity index (χ2n) is 4.37. The Morgan fingerprint density at radius 1 is 1.15 bits per heavy atom. The Morgan fingerprint density at radius 3 is 2.75 bits per heavy atom. The SMILES string of the molecule is Cc1cc(NCCc2nnc(-c3ccccc3)o2)no1. The Hall–Kier alpha value is -2.63. The highest BCUT2D eigenvalue weighted by molar-refractivity contribution is 5.51. The summed E-state index contributed by atoms with van der Waals surface area (Å²) in [5, 5.41) is 15.0. The van der Waals surface area contributed by atoms with Crippen molar-refractivity contribution >= 4 is 5.82 Å². The molecule has 102 valence electrons. The van der Waals surface area contributed by atoms with Gasteiger partial charge in [-0.1, -0.05) is 23.4 Å². The van der Waals surface area contributed by atoms with Crippen LogP contribution in [0, 0.1) is 6.92 Å². The van der Waals surface area contributed by atoms with Crippen molar-refractivity contribution in [3.63, 3.8) is 0 Å². The Labute approximate surface area is 115 Å². The minimum atomic E-state index is 0.540. The molecule has 3 rings (SSSR count). The van der Waals surface area contributed by atoms with Gasteiger partial charge in [0.15, 0.2) is 5.82 Å². The molecule has 0 radical (unpaired) electrons. The summed E-state index contributed by atoms with van der Waals surface area (Å²) < 4.78 is 10.6. The first kappa shape index (κ1) is 12.4. The molecular weight excluding hydrogens is 256 g/mol. The van der Waals surface area contributed by atoms with Crippen LogP contribution < -0.4 is 5.32 Å². The highest BCUT2D eigenvalue weighted by atomic mass is 16.5. The summed E-state index contributed by atoms with van der Waals surface area (Å²) in [6, 6.07) is 11.5. The van der Waals surface area contributed by atoms with Crippen LogP contribution in [0.4, 0.5) is 5.82 Å². The van der Waals surface area contributed by atoms with Gasteiger partial charge in [0.05, 0.1) is 0 Å². The average molecular weight is 270 g/mol. The highest BCUT2D eigenvalue weighted by Gasteiger charge is 2.08. The first-order valence-electron chi connectivity index (χ1n) is 6.36. The van der Waals surface area contributed by atoms with Crippen LogP contribution in [-0.4, -0.2) is 21.9 Å². The number of rotatable bonds is 5. The van der Waals surface area contributed by atoms with E-state index in [1.165, 1.54) is 0 Å². The summed E-state index contributed by atoms with van der Waals surface area (Å²) >= 11 is 0. The van der Waals surface area contributed by atoms with E-state index in [-0.39, 0.29) is 0 Å². The molecule has 2 aromatic heterocycles. The highest BCUT2D eigenvalue weighted by Crippen LogP contribution is 2.17. The number of aromatic nitrogens is 3. The number of hydrogen-bond donors (Lipinski definition) is 1. The minimum Gasteiger partial charge on any atom is -0.421 e. The molecule has 1 N–H and O–H groups in total. The van der Waals surface area contributed by atoms with E-state index in [1.54, 1.807) is 0 Å². The standard InChI is InChI=1S/C14H14N4O2/c1-10-9-12(18-20-10)15-8-7-13-16-17-14(19-13)11-5-3-2-4-6-11/h2-6,9H,7-8H2,1H3,(H,15,18). The summed E-state index contributed by atoms with van der Waals surface area (Å²) in [7, 11) is 0. The predicted octanol–water partition coefficient (Wildman–Crippen LogP) is 2.69. The van der Waals surface area contributed by atoms with Gasteiger partial charge in [0, 0.05) is 24.6 Å². The zero-order valence-electron chi connectivity index (χ0n) is 11.0. The smallest absolute Gasteiger partial charge is 0.247 e. The van der Waals surface area contributed by atoms with Crippen molar-refractivity contribution in [3.8, 4) is 11.5 Å². The maximum atomic E-state index is 5.61. The fourth-order valence-electron chi connectivity index (χ4n) is 1.80. The summed E-state index contributed by atoms with van der Waals surface area (Å²) in [4.78, 5) is 0. The minimum absolute atomic E-state index is 0.540. The van der Waals surface area contributed by atoms with Crippen LogP contribution in [0.15, 0.2) is 45.3 Å². The van der Waals surface area contributed by atoms with Gasteiger partial charge in [-0.3, -0.25) is 0 Å². The molecule has 0 aliphatic carbocycles. The maximum Gasteiger partial charge on any atom is 0.247 e. The van der Waals surface area contributed by atoms with Crippen molar-refractivity contribution in [2.75, 3.05) is 11.9 Å². The molecule has 0 atom stereocenters. The molecule has 0 bridgehead atoms. The molecule has 0 unspecified atom stereocenters. The molecule has 2 heterocycles. The van der Waals surface area contributed by atoms with Crippen molar-refractivity contribution in [3.05, 3.63) is 48.0 Å². The maximum absolute atomic E-state index is 5.61. The van der Waals surface area contributed by atoms with Crippen LogP contribution in [0.3, 0.4) is 0 Å². The molecule has 20 heavy (non-hydrogen) atoms. The molecular formula is C14H14N4O2. The van der Waals surface area contributed by atoms with Crippen molar-refractivity contribution in [1.82, 2.24) is 15.4 Å². The number of aryl methyl sites for hydroxylation is 1. The summed E-state index contributed by atoms with van der Waals surface area (Å²) in [5.41, 5.74) is 0.923. The Bertz CT molecular complexity index is 675. The van der Waals surface area contributed by atoms with E-state index in [0.717, 1.165) is 11.3 Å². The third-order valence-electron chi connectivity index (χ3n) is 2.76. The Morgan fingerprint density at radius 2 is 2.00 bits per heavy atom. The fourth-order valence-corrected chi connectivity index (χ4v) is 1.80. The van der Waals surface area contributed by atoms with Gasteiger partial charge in [0.2, 0.25) is 11.8 Å². The Balaban J connectivity index is 1.58. The van der Waals surface area contributed by atoms with Crippen molar-refractivity contribution in [1.29, 1.82) is 0 Å². The molecule has 6 nitrogen and oxygen atoms in total. The number of nitrogens with zero attached hydrogens (tertiary/aromatic N) is 3. The van der Waals surface area contributed by atoms with E-state index in [2.05, 4.69) is 20.7 Å². The predicted molar refractivity (Wildman–Crippen MR) is 73.2 cm³/mol. The average Bonchev–Trinajstić information content (AvgIpc) is 3.09. The number of nitrogens with one attached hydrogen (secondary N) is 1. The van der Waals surface area contributed by atoms with Gasteiger partial charge < -0.3 is 14.3 Å². The van der Waals surface area contributed by atoms with Gasteiger partial charge in [-0.25, -0.2) is 0 Å². The lowest BCUT2D eigenvalue weighted by atomic mass is 10.2. The van der Waals surface area contributed by atoms with Crippen LogP contribution in [0.1, 0.15) is 11.7 Å². The third kappa shape index (κ3) is 2.85. The van der Waals surface area contributed by atoms with Crippen molar-refractivity contribution in [2.24, 2.45) is 0 Å². The quantitative estimate of drug-likeness (QED) is 0.768. The third-order valence-corrected chi connectivity index (χ3v) is 2.76. The Kier molecular flexibility index (Phi) is 3.45. The van der Waals surface area contributed by atoms with E-state index in [4.69, 9.17) is 8.94 Å². The van der Waals surface area contributed by atoms with Crippen molar-refractivity contribution < 1.29 is 8.94 Å². The number of hydrogen-bond acceptors (Lipinski definition) is 6. The van der Waals surface area contributed by atoms with Crippen molar-refractivity contribution in [2.45, 2.75) is 13.3 Å². The van der Waals surface area contributed by atoms with Gasteiger partial charge in [-0.2, -0.15) is 0 Å². The van der Waals surface area contributed by atoms with Gasteiger partial charge in [-0.15, -0.1) is 10.2 Å². The summed E-state index contributed by atoms with van der Waals surface area (Å²) in [5.74, 6) is 2.62. The van der Waals surface area contributed by atoms with Crippen LogP contribution in [0.25, 0.3) is 11.5 Å². The number of anilines is 1. The molecule has 0 aliphatic rings. The van der Waals surface area contributed by atoms with Crippen LogP contribution in [-0.2, 0) is 6.42 Å². The lowest BCUT2D eigenvalue weighted by Crippen LogP contribution is -2.05. The van der Waals surface area contributed by atoms with Crippen LogP contribution >= 0.6 is 0 Å².